The normalized spacial score (nSPS) is 12.0. The second-order valence-electron chi connectivity index (χ2n) is 3.41. The van der Waals surface area contributed by atoms with Crippen molar-refractivity contribution in [2.75, 3.05) is 0 Å². The summed E-state index contributed by atoms with van der Waals surface area (Å²) in [6, 6.07) is 6.13. The molecule has 1 heterocycles. The third-order valence-corrected chi connectivity index (χ3v) is 2.35. The summed E-state index contributed by atoms with van der Waals surface area (Å²) in [6.45, 7) is -1.25. The van der Waals surface area contributed by atoms with Crippen molar-refractivity contribution in [3.63, 3.8) is 0 Å². The van der Waals surface area contributed by atoms with Gasteiger partial charge in [-0.15, -0.1) is 0 Å². The number of carbonyl (C=O) groups is 1. The molecule has 0 aliphatic carbocycles. The number of alkyl halides is 3. The number of aromatic nitrogens is 2. The van der Waals surface area contributed by atoms with E-state index in [1.54, 1.807) is 12.1 Å². The fraction of sp³-hybridized carbons (Fsp3) is 0.200. The smallest absolute Gasteiger partial charge is 0.274 e. The molecule has 17 heavy (non-hydrogen) atoms. The Morgan fingerprint density at radius 3 is 2.59 bits per heavy atom. The van der Waals surface area contributed by atoms with Crippen LogP contribution in [-0.4, -0.2) is 21.2 Å². The van der Waals surface area contributed by atoms with Crippen LogP contribution in [0.1, 0.15) is 10.5 Å². The number of nitrogens with zero attached hydrogens (tertiary/aromatic N) is 2. The van der Waals surface area contributed by atoms with Gasteiger partial charge in [0.1, 0.15) is 6.54 Å². The van der Waals surface area contributed by atoms with Crippen molar-refractivity contribution in [2.45, 2.75) is 12.7 Å². The standard InChI is InChI=1S/C10H6ClF3N2O/c11-9(17)8-6-3-1-2-4-7(6)16(15-8)5-10(12,13)14/h1-4H,5H2. The number of para-hydroxylation sites is 1. The first-order valence-electron chi connectivity index (χ1n) is 4.60. The van der Waals surface area contributed by atoms with E-state index >= 15 is 0 Å². The van der Waals surface area contributed by atoms with Gasteiger partial charge in [0.05, 0.1) is 5.52 Å². The highest BCUT2D eigenvalue weighted by molar-refractivity contribution is 6.68. The van der Waals surface area contributed by atoms with Gasteiger partial charge in [0.2, 0.25) is 0 Å². The fourth-order valence-corrected chi connectivity index (χ4v) is 1.70. The summed E-state index contributed by atoms with van der Waals surface area (Å²) >= 11 is 5.27. The molecule has 2 aromatic rings. The van der Waals surface area contributed by atoms with Crippen LogP contribution in [0.2, 0.25) is 0 Å². The Morgan fingerprint density at radius 1 is 1.35 bits per heavy atom. The molecule has 0 N–H and O–H groups in total. The SMILES string of the molecule is O=C(Cl)c1nn(CC(F)(F)F)c2ccccc12. The molecule has 0 fully saturated rings. The topological polar surface area (TPSA) is 34.9 Å². The van der Waals surface area contributed by atoms with Crippen molar-refractivity contribution >= 4 is 27.7 Å². The number of rotatable bonds is 2. The summed E-state index contributed by atoms with van der Waals surface area (Å²) in [7, 11) is 0. The maximum absolute atomic E-state index is 12.3. The minimum Gasteiger partial charge on any atom is -0.274 e. The number of carbonyl (C=O) groups excluding carboxylic acids is 1. The van der Waals surface area contributed by atoms with E-state index < -0.39 is 18.0 Å². The molecule has 3 nitrogen and oxygen atoms in total. The largest absolute Gasteiger partial charge is 0.408 e. The van der Waals surface area contributed by atoms with Gasteiger partial charge in [-0.2, -0.15) is 18.3 Å². The lowest BCUT2D eigenvalue weighted by Crippen LogP contribution is -2.18. The van der Waals surface area contributed by atoms with Gasteiger partial charge in [-0.1, -0.05) is 18.2 Å². The van der Waals surface area contributed by atoms with Gasteiger partial charge in [0, 0.05) is 5.39 Å². The van der Waals surface area contributed by atoms with E-state index in [-0.39, 0.29) is 11.2 Å². The average Bonchev–Trinajstić information content (AvgIpc) is 2.55. The molecule has 7 heteroatoms. The molecular formula is C10H6ClF3N2O. The molecule has 0 aliphatic heterocycles. The van der Waals surface area contributed by atoms with E-state index in [2.05, 4.69) is 5.10 Å². The Hall–Kier alpha value is -1.56. The van der Waals surface area contributed by atoms with Crippen LogP contribution in [0.3, 0.4) is 0 Å². The summed E-state index contributed by atoms with van der Waals surface area (Å²) in [5.41, 5.74) is 0.0698. The molecule has 0 unspecified atom stereocenters. The molecule has 0 aliphatic rings. The second-order valence-corrected chi connectivity index (χ2v) is 3.76. The lowest BCUT2D eigenvalue weighted by atomic mass is 10.2. The Labute approximate surface area is 98.8 Å². The highest BCUT2D eigenvalue weighted by Crippen LogP contribution is 2.24. The zero-order valence-electron chi connectivity index (χ0n) is 8.33. The monoisotopic (exact) mass is 262 g/mol. The van der Waals surface area contributed by atoms with Crippen molar-refractivity contribution in [2.24, 2.45) is 0 Å². The lowest BCUT2D eigenvalue weighted by molar-refractivity contribution is -0.141. The van der Waals surface area contributed by atoms with Crippen LogP contribution in [0.5, 0.6) is 0 Å². The first kappa shape index (κ1) is 11.9. The summed E-state index contributed by atoms with van der Waals surface area (Å²) in [6.07, 6.45) is -4.40. The number of halogens is 4. The highest BCUT2D eigenvalue weighted by atomic mass is 35.5. The molecule has 0 atom stereocenters. The van der Waals surface area contributed by atoms with Gasteiger partial charge in [0.25, 0.3) is 5.24 Å². The third kappa shape index (κ3) is 2.41. The van der Waals surface area contributed by atoms with E-state index in [1.807, 2.05) is 0 Å². The van der Waals surface area contributed by atoms with Crippen molar-refractivity contribution in [3.05, 3.63) is 30.0 Å². The first-order valence-corrected chi connectivity index (χ1v) is 4.98. The van der Waals surface area contributed by atoms with Crippen molar-refractivity contribution < 1.29 is 18.0 Å². The molecule has 2 rings (SSSR count). The molecular weight excluding hydrogens is 257 g/mol. The molecule has 1 aromatic heterocycles. The summed E-state index contributed by atoms with van der Waals surface area (Å²) in [4.78, 5) is 11.0. The predicted octanol–water partition coefficient (Wildman–Crippen LogP) is 2.98. The zero-order chi connectivity index (χ0) is 12.6. The van der Waals surface area contributed by atoms with Gasteiger partial charge in [-0.05, 0) is 17.7 Å². The summed E-state index contributed by atoms with van der Waals surface area (Å²) in [5.74, 6) is 0. The van der Waals surface area contributed by atoms with E-state index in [9.17, 15) is 18.0 Å². The van der Waals surface area contributed by atoms with Crippen molar-refractivity contribution in [1.82, 2.24) is 9.78 Å². The van der Waals surface area contributed by atoms with Crippen LogP contribution in [0.25, 0.3) is 10.9 Å². The predicted molar refractivity (Wildman–Crippen MR) is 56.0 cm³/mol. The van der Waals surface area contributed by atoms with Crippen LogP contribution in [0, 0.1) is 0 Å². The quantitative estimate of drug-likeness (QED) is 0.780. The minimum absolute atomic E-state index is 0.161. The molecule has 90 valence electrons. The number of hydrogen-bond donors (Lipinski definition) is 0. The van der Waals surface area contributed by atoms with Crippen molar-refractivity contribution in [3.8, 4) is 0 Å². The van der Waals surface area contributed by atoms with Crippen LogP contribution >= 0.6 is 11.6 Å². The minimum atomic E-state index is -4.40. The first-order chi connectivity index (χ1) is 7.88. The van der Waals surface area contributed by atoms with Gasteiger partial charge >= 0.3 is 6.18 Å². The Morgan fingerprint density at radius 2 is 2.00 bits per heavy atom. The van der Waals surface area contributed by atoms with Gasteiger partial charge in [0.15, 0.2) is 5.69 Å². The van der Waals surface area contributed by atoms with Crippen LogP contribution in [0.15, 0.2) is 24.3 Å². The van der Waals surface area contributed by atoms with Crippen LogP contribution < -0.4 is 0 Å². The van der Waals surface area contributed by atoms with E-state index in [4.69, 9.17) is 11.6 Å². The number of benzene rings is 1. The maximum atomic E-state index is 12.3. The zero-order valence-corrected chi connectivity index (χ0v) is 9.09. The second kappa shape index (κ2) is 4.03. The van der Waals surface area contributed by atoms with E-state index in [0.29, 0.717) is 5.39 Å². The lowest BCUT2D eigenvalue weighted by Gasteiger charge is -2.06. The average molecular weight is 263 g/mol. The maximum Gasteiger partial charge on any atom is 0.408 e. The van der Waals surface area contributed by atoms with E-state index in [0.717, 1.165) is 4.68 Å². The number of hydrogen-bond acceptors (Lipinski definition) is 2. The summed E-state index contributed by atoms with van der Waals surface area (Å²) < 4.78 is 37.6. The highest BCUT2D eigenvalue weighted by Gasteiger charge is 2.30. The fourth-order valence-electron chi connectivity index (χ4n) is 1.56. The summed E-state index contributed by atoms with van der Waals surface area (Å²) in [5, 5.41) is 3.03. The molecule has 0 saturated heterocycles. The third-order valence-electron chi connectivity index (χ3n) is 2.17. The van der Waals surface area contributed by atoms with E-state index in [1.165, 1.54) is 12.1 Å². The Balaban J connectivity index is 2.61. The van der Waals surface area contributed by atoms with Gasteiger partial charge in [-0.25, -0.2) is 0 Å². The molecule has 0 bridgehead atoms. The molecule has 1 aromatic carbocycles. The van der Waals surface area contributed by atoms with Crippen molar-refractivity contribution in [1.29, 1.82) is 0 Å². The number of fused-ring (bicyclic) bond motifs is 1. The molecule has 0 amide bonds. The molecule has 0 radical (unpaired) electrons. The molecule has 0 spiro atoms. The molecule has 0 saturated carbocycles. The van der Waals surface area contributed by atoms with Crippen LogP contribution in [0.4, 0.5) is 13.2 Å². The van der Waals surface area contributed by atoms with Gasteiger partial charge < -0.3 is 0 Å². The Bertz CT molecular complexity index is 576. The van der Waals surface area contributed by atoms with Gasteiger partial charge in [-0.3, -0.25) is 9.48 Å². The van der Waals surface area contributed by atoms with Crippen LogP contribution in [-0.2, 0) is 6.54 Å². The Kier molecular flexibility index (Phi) is 2.82.